The molecule has 0 atom stereocenters. The number of nitrogens with one attached hydrogen (secondary N) is 1. The third-order valence-electron chi connectivity index (χ3n) is 2.04. The van der Waals surface area contributed by atoms with Crippen molar-refractivity contribution < 1.29 is 13.2 Å². The number of nitrogens with zero attached hydrogens (tertiary/aromatic N) is 1. The van der Waals surface area contributed by atoms with Crippen molar-refractivity contribution in [1.82, 2.24) is 9.55 Å². The fraction of sp³-hybridized carbons (Fsp3) is 0.222. The second-order valence-corrected chi connectivity index (χ2v) is 3.15. The number of rotatable bonds is 1. The van der Waals surface area contributed by atoms with E-state index in [2.05, 4.69) is 4.98 Å². The van der Waals surface area contributed by atoms with Gasteiger partial charge in [-0.2, -0.15) is 13.2 Å². The molecule has 0 aliphatic rings. The Balaban J connectivity index is 2.62. The molecule has 80 valence electrons. The minimum absolute atomic E-state index is 0.264. The van der Waals surface area contributed by atoms with Gasteiger partial charge in [-0.25, -0.2) is 0 Å². The zero-order chi connectivity index (χ0) is 11.1. The van der Waals surface area contributed by atoms with Gasteiger partial charge in [-0.1, -0.05) is 0 Å². The maximum absolute atomic E-state index is 12.2. The van der Waals surface area contributed by atoms with Crippen molar-refractivity contribution >= 4 is 11.0 Å². The Labute approximate surface area is 82.1 Å². The molecule has 1 N–H and O–H groups in total. The van der Waals surface area contributed by atoms with E-state index in [-0.39, 0.29) is 5.52 Å². The number of halogens is 3. The normalized spacial score (nSPS) is 12.2. The van der Waals surface area contributed by atoms with Crippen LogP contribution in [0.5, 0.6) is 0 Å². The summed E-state index contributed by atoms with van der Waals surface area (Å²) < 4.78 is 37.3. The molecule has 2 aromatic rings. The van der Waals surface area contributed by atoms with Crippen molar-refractivity contribution in [3.05, 3.63) is 34.7 Å². The first kappa shape index (κ1) is 9.82. The number of hydrogen-bond acceptors (Lipinski definition) is 1. The van der Waals surface area contributed by atoms with Crippen molar-refractivity contribution in [2.45, 2.75) is 12.7 Å². The maximum atomic E-state index is 12.2. The summed E-state index contributed by atoms with van der Waals surface area (Å²) in [5, 5.41) is 0. The van der Waals surface area contributed by atoms with Gasteiger partial charge in [0.2, 0.25) is 0 Å². The summed E-state index contributed by atoms with van der Waals surface area (Å²) in [6.45, 7) is -1.26. The predicted molar refractivity (Wildman–Crippen MR) is 48.6 cm³/mol. The number of hydrogen-bond donors (Lipinski definition) is 1. The van der Waals surface area contributed by atoms with Gasteiger partial charge in [0.05, 0.1) is 11.0 Å². The van der Waals surface area contributed by atoms with Gasteiger partial charge in [-0.3, -0.25) is 9.36 Å². The topological polar surface area (TPSA) is 37.8 Å². The molecule has 0 saturated carbocycles. The SMILES string of the molecule is O=c1ccc2[nH]ccc2n1CC(F)(F)F. The number of pyridine rings is 1. The molecule has 6 heteroatoms. The first-order chi connectivity index (χ1) is 6.97. The van der Waals surface area contributed by atoms with E-state index >= 15 is 0 Å². The van der Waals surface area contributed by atoms with Crippen molar-refractivity contribution in [3.63, 3.8) is 0 Å². The molecule has 0 amide bonds. The molecule has 0 spiro atoms. The number of H-pyrrole nitrogens is 1. The number of aromatic nitrogens is 2. The second-order valence-electron chi connectivity index (χ2n) is 3.15. The molecule has 2 aromatic heterocycles. The standard InChI is InChI=1S/C9H7F3N2O/c10-9(11,12)5-14-7-3-4-13-6(7)1-2-8(14)15/h1-4,13H,5H2. The first-order valence-corrected chi connectivity index (χ1v) is 4.21. The molecule has 15 heavy (non-hydrogen) atoms. The number of alkyl halides is 3. The van der Waals surface area contributed by atoms with Crippen LogP contribution < -0.4 is 5.56 Å². The molecule has 0 unspecified atom stereocenters. The molecule has 0 radical (unpaired) electrons. The van der Waals surface area contributed by atoms with Crippen molar-refractivity contribution in [3.8, 4) is 0 Å². The largest absolute Gasteiger partial charge is 0.406 e. The van der Waals surface area contributed by atoms with E-state index in [1.807, 2.05) is 0 Å². The van der Waals surface area contributed by atoms with Gasteiger partial charge >= 0.3 is 6.18 Å². The summed E-state index contributed by atoms with van der Waals surface area (Å²) in [5.74, 6) is 0. The Hall–Kier alpha value is -1.72. The monoisotopic (exact) mass is 216 g/mol. The molecular weight excluding hydrogens is 209 g/mol. The fourth-order valence-corrected chi connectivity index (χ4v) is 1.45. The average Bonchev–Trinajstić information content (AvgIpc) is 2.56. The van der Waals surface area contributed by atoms with Crippen LogP contribution in [0, 0.1) is 0 Å². The molecule has 0 saturated heterocycles. The van der Waals surface area contributed by atoms with Crippen LogP contribution in [-0.4, -0.2) is 15.7 Å². The van der Waals surface area contributed by atoms with Gasteiger partial charge in [0.1, 0.15) is 6.54 Å². The van der Waals surface area contributed by atoms with Crippen LogP contribution in [-0.2, 0) is 6.54 Å². The summed E-state index contributed by atoms with van der Waals surface area (Å²) in [6.07, 6.45) is -2.90. The summed E-state index contributed by atoms with van der Waals surface area (Å²) >= 11 is 0. The van der Waals surface area contributed by atoms with Crippen molar-refractivity contribution in [2.24, 2.45) is 0 Å². The van der Waals surface area contributed by atoms with Gasteiger partial charge < -0.3 is 4.98 Å². The Morgan fingerprint density at radius 1 is 1.27 bits per heavy atom. The minimum Gasteiger partial charge on any atom is -0.360 e. The smallest absolute Gasteiger partial charge is 0.360 e. The van der Waals surface area contributed by atoms with Crippen LogP contribution in [0.2, 0.25) is 0 Å². The van der Waals surface area contributed by atoms with Crippen molar-refractivity contribution in [2.75, 3.05) is 0 Å². The zero-order valence-corrected chi connectivity index (χ0v) is 7.51. The van der Waals surface area contributed by atoms with Crippen LogP contribution in [0.3, 0.4) is 0 Å². The molecule has 0 aliphatic heterocycles. The highest BCUT2D eigenvalue weighted by Crippen LogP contribution is 2.19. The maximum Gasteiger partial charge on any atom is 0.406 e. The minimum atomic E-state index is -4.39. The first-order valence-electron chi connectivity index (χ1n) is 4.21. The van der Waals surface area contributed by atoms with Gasteiger partial charge in [0.25, 0.3) is 5.56 Å². The summed E-state index contributed by atoms with van der Waals surface area (Å²) in [4.78, 5) is 14.0. The van der Waals surface area contributed by atoms with E-state index in [1.54, 1.807) is 0 Å². The van der Waals surface area contributed by atoms with Crippen molar-refractivity contribution in [1.29, 1.82) is 0 Å². The van der Waals surface area contributed by atoms with E-state index in [1.165, 1.54) is 18.3 Å². The lowest BCUT2D eigenvalue weighted by atomic mass is 10.3. The van der Waals surface area contributed by atoms with Gasteiger partial charge in [-0.05, 0) is 12.1 Å². The lowest BCUT2D eigenvalue weighted by molar-refractivity contribution is -0.140. The number of fused-ring (bicyclic) bond motifs is 1. The van der Waals surface area contributed by atoms with Crippen LogP contribution in [0.1, 0.15) is 0 Å². The van der Waals surface area contributed by atoms with Crippen LogP contribution >= 0.6 is 0 Å². The Morgan fingerprint density at radius 2 is 2.00 bits per heavy atom. The van der Waals surface area contributed by atoms with Crippen LogP contribution in [0.15, 0.2) is 29.2 Å². The van der Waals surface area contributed by atoms with E-state index < -0.39 is 18.3 Å². The van der Waals surface area contributed by atoms with E-state index in [4.69, 9.17) is 0 Å². The Morgan fingerprint density at radius 3 is 2.67 bits per heavy atom. The highest BCUT2D eigenvalue weighted by Gasteiger charge is 2.29. The zero-order valence-electron chi connectivity index (χ0n) is 7.51. The summed E-state index contributed by atoms with van der Waals surface area (Å²) in [5.41, 5.74) is 0.123. The Kier molecular flexibility index (Phi) is 2.06. The summed E-state index contributed by atoms with van der Waals surface area (Å²) in [7, 11) is 0. The molecule has 0 aromatic carbocycles. The van der Waals surface area contributed by atoms with Gasteiger partial charge in [-0.15, -0.1) is 0 Å². The average molecular weight is 216 g/mol. The fourth-order valence-electron chi connectivity index (χ4n) is 1.45. The third-order valence-corrected chi connectivity index (χ3v) is 2.04. The number of aromatic amines is 1. The van der Waals surface area contributed by atoms with Crippen LogP contribution in [0.4, 0.5) is 13.2 Å². The molecule has 0 bridgehead atoms. The lowest BCUT2D eigenvalue weighted by Gasteiger charge is -2.10. The lowest BCUT2D eigenvalue weighted by Crippen LogP contribution is -2.27. The third kappa shape index (κ3) is 1.88. The molecule has 3 nitrogen and oxygen atoms in total. The molecule has 0 fully saturated rings. The van der Waals surface area contributed by atoms with E-state index in [0.29, 0.717) is 10.1 Å². The van der Waals surface area contributed by atoms with E-state index in [9.17, 15) is 18.0 Å². The molecule has 0 aliphatic carbocycles. The van der Waals surface area contributed by atoms with Gasteiger partial charge in [0, 0.05) is 12.3 Å². The highest BCUT2D eigenvalue weighted by molar-refractivity contribution is 5.75. The van der Waals surface area contributed by atoms with Gasteiger partial charge in [0.15, 0.2) is 0 Å². The van der Waals surface area contributed by atoms with Crippen LogP contribution in [0.25, 0.3) is 11.0 Å². The Bertz CT molecular complexity index is 538. The van der Waals surface area contributed by atoms with E-state index in [0.717, 1.165) is 6.07 Å². The quantitative estimate of drug-likeness (QED) is 0.776. The summed E-state index contributed by atoms with van der Waals surface area (Å²) in [6, 6.07) is 4.03. The predicted octanol–water partition coefficient (Wildman–Crippen LogP) is 1.89. The molecule has 2 heterocycles. The molecular formula is C9H7F3N2O. The second kappa shape index (κ2) is 3.15. The highest BCUT2D eigenvalue weighted by atomic mass is 19.4. The molecule has 2 rings (SSSR count).